The molecule has 1 saturated carbocycles. The lowest BCUT2D eigenvalue weighted by atomic mass is 9.90. The second-order valence-corrected chi connectivity index (χ2v) is 9.95. The maximum Gasteiger partial charge on any atom is 0.325 e. The summed E-state index contributed by atoms with van der Waals surface area (Å²) in [5.41, 5.74) is 1.84. The van der Waals surface area contributed by atoms with Gasteiger partial charge in [0.1, 0.15) is 12.1 Å². The zero-order valence-corrected chi connectivity index (χ0v) is 20.0. The summed E-state index contributed by atoms with van der Waals surface area (Å²) in [5, 5.41) is 7.69. The third-order valence-electron chi connectivity index (χ3n) is 6.83. The minimum atomic E-state index is -0.916. The van der Waals surface area contributed by atoms with E-state index in [0.717, 1.165) is 39.8 Å². The number of carbonyl (C=O) groups excluding carboxylic acids is 3. The van der Waals surface area contributed by atoms with Crippen LogP contribution in [0.15, 0.2) is 48.7 Å². The average Bonchev–Trinajstić information content (AvgIpc) is 3.55. The fourth-order valence-corrected chi connectivity index (χ4v) is 5.31. The molecule has 2 unspecified atom stereocenters. The number of halogens is 2. The lowest BCUT2D eigenvalue weighted by Gasteiger charge is -2.22. The molecule has 3 N–H and O–H groups in total. The van der Waals surface area contributed by atoms with Crippen molar-refractivity contribution in [1.29, 1.82) is 0 Å². The summed E-state index contributed by atoms with van der Waals surface area (Å²) in [4.78, 5) is 42.4. The summed E-state index contributed by atoms with van der Waals surface area (Å²) in [6.45, 7) is 1.63. The number of urea groups is 1. The molecule has 2 heterocycles. The molecule has 4 amide bonds. The number of aromatic amines is 1. The quantitative estimate of drug-likeness (QED) is 0.420. The Balaban J connectivity index is 1.36. The summed E-state index contributed by atoms with van der Waals surface area (Å²) in [5.74, 6) is -0.900. The Labute approximate surface area is 206 Å². The molecule has 1 saturated heterocycles. The molecular weight excluding hydrogens is 475 g/mol. The summed E-state index contributed by atoms with van der Waals surface area (Å²) < 4.78 is 0. The van der Waals surface area contributed by atoms with Gasteiger partial charge >= 0.3 is 6.03 Å². The summed E-state index contributed by atoms with van der Waals surface area (Å²) in [6, 6.07) is 12.6. The van der Waals surface area contributed by atoms with Crippen molar-refractivity contribution in [1.82, 2.24) is 20.5 Å². The monoisotopic (exact) mass is 498 g/mol. The van der Waals surface area contributed by atoms with E-state index in [1.54, 1.807) is 19.1 Å². The fraction of sp³-hybridized carbons (Fsp3) is 0.320. The van der Waals surface area contributed by atoms with Crippen LogP contribution in [0.2, 0.25) is 10.0 Å². The van der Waals surface area contributed by atoms with Crippen LogP contribution in [0, 0.1) is 5.92 Å². The van der Waals surface area contributed by atoms with Gasteiger partial charge in [-0.3, -0.25) is 14.5 Å². The minimum Gasteiger partial charge on any atom is -0.361 e. The van der Waals surface area contributed by atoms with E-state index in [0.29, 0.717) is 10.0 Å². The van der Waals surface area contributed by atoms with Gasteiger partial charge in [0.05, 0.1) is 0 Å². The topological polar surface area (TPSA) is 94.3 Å². The largest absolute Gasteiger partial charge is 0.361 e. The van der Waals surface area contributed by atoms with Crippen molar-refractivity contribution in [3.05, 3.63) is 69.8 Å². The lowest BCUT2D eigenvalue weighted by Crippen LogP contribution is -2.47. The SMILES string of the molecule is CC1(C2CC2)NC(=O)N(CC(=O)NCC(c2ccc(Cl)cc2Cl)c2c[nH]c3ccccc23)C1=O. The molecule has 34 heavy (non-hydrogen) atoms. The van der Waals surface area contributed by atoms with Gasteiger partial charge in [0.2, 0.25) is 5.91 Å². The van der Waals surface area contributed by atoms with Crippen molar-refractivity contribution >= 4 is 52.0 Å². The summed E-state index contributed by atoms with van der Waals surface area (Å²) in [7, 11) is 0. The van der Waals surface area contributed by atoms with E-state index in [1.165, 1.54) is 0 Å². The third-order valence-corrected chi connectivity index (χ3v) is 7.40. The second kappa shape index (κ2) is 8.64. The number of nitrogens with one attached hydrogen (secondary N) is 3. The number of hydrogen-bond acceptors (Lipinski definition) is 3. The van der Waals surface area contributed by atoms with Crippen LogP contribution in [0.1, 0.15) is 36.8 Å². The van der Waals surface area contributed by atoms with Crippen LogP contribution in [0.5, 0.6) is 0 Å². The standard InChI is InChI=1S/C25H24Cl2N4O3/c1-25(14-6-7-14)23(33)31(24(34)30-25)13-22(32)29-12-18(16-9-8-15(26)10-20(16)27)19-11-28-21-5-3-2-4-17(19)21/h2-5,8-11,14,18,28H,6-7,12-13H2,1H3,(H,29,32)(H,30,34). The zero-order valence-electron chi connectivity index (χ0n) is 18.5. The summed E-state index contributed by atoms with van der Waals surface area (Å²) >= 11 is 12.6. The van der Waals surface area contributed by atoms with E-state index in [-0.39, 0.29) is 30.8 Å². The number of imide groups is 1. The number of carbonyl (C=O) groups is 3. The smallest absolute Gasteiger partial charge is 0.325 e. The maximum atomic E-state index is 12.9. The van der Waals surface area contributed by atoms with Crippen molar-refractivity contribution in [3.8, 4) is 0 Å². The van der Waals surface area contributed by atoms with Crippen molar-refractivity contribution in [3.63, 3.8) is 0 Å². The van der Waals surface area contributed by atoms with Crippen LogP contribution >= 0.6 is 23.2 Å². The number of para-hydroxylation sites is 1. The molecule has 3 aromatic rings. The molecule has 2 fully saturated rings. The molecule has 5 rings (SSSR count). The molecule has 0 spiro atoms. The molecule has 2 aromatic carbocycles. The van der Waals surface area contributed by atoms with E-state index in [4.69, 9.17) is 23.2 Å². The maximum absolute atomic E-state index is 12.9. The van der Waals surface area contributed by atoms with Crippen LogP contribution in [-0.4, -0.2) is 46.4 Å². The highest BCUT2D eigenvalue weighted by atomic mass is 35.5. The number of amides is 4. The van der Waals surface area contributed by atoms with Crippen molar-refractivity contribution in [2.45, 2.75) is 31.2 Å². The predicted octanol–water partition coefficient (Wildman–Crippen LogP) is 4.44. The van der Waals surface area contributed by atoms with E-state index in [1.807, 2.05) is 36.5 Å². The van der Waals surface area contributed by atoms with Crippen molar-refractivity contribution in [2.75, 3.05) is 13.1 Å². The van der Waals surface area contributed by atoms with Crippen LogP contribution in [0.25, 0.3) is 10.9 Å². The van der Waals surface area contributed by atoms with E-state index in [2.05, 4.69) is 15.6 Å². The third kappa shape index (κ3) is 4.03. The first-order valence-electron chi connectivity index (χ1n) is 11.2. The molecule has 176 valence electrons. The van der Waals surface area contributed by atoms with Crippen LogP contribution in [-0.2, 0) is 9.59 Å². The summed E-state index contributed by atoms with van der Waals surface area (Å²) in [6.07, 6.45) is 3.71. The number of aromatic nitrogens is 1. The highest BCUT2D eigenvalue weighted by molar-refractivity contribution is 6.35. The molecule has 0 bridgehead atoms. The van der Waals surface area contributed by atoms with E-state index < -0.39 is 17.5 Å². The predicted molar refractivity (Wildman–Crippen MR) is 131 cm³/mol. The fourth-order valence-electron chi connectivity index (χ4n) is 4.77. The molecule has 0 radical (unpaired) electrons. The van der Waals surface area contributed by atoms with Crippen LogP contribution < -0.4 is 10.6 Å². The Morgan fingerprint density at radius 2 is 1.94 bits per heavy atom. The lowest BCUT2D eigenvalue weighted by molar-refractivity contribution is -0.135. The van der Waals surface area contributed by atoms with Gasteiger partial charge in [-0.05, 0) is 55.0 Å². The molecule has 1 aromatic heterocycles. The average molecular weight is 499 g/mol. The molecule has 2 atom stereocenters. The number of benzene rings is 2. The molecule has 9 heteroatoms. The Hall–Kier alpha value is -3.03. The highest BCUT2D eigenvalue weighted by Gasteiger charge is 2.56. The van der Waals surface area contributed by atoms with Crippen LogP contribution in [0.3, 0.4) is 0 Å². The van der Waals surface area contributed by atoms with Gasteiger partial charge in [-0.25, -0.2) is 4.79 Å². The van der Waals surface area contributed by atoms with Gasteiger partial charge in [-0.2, -0.15) is 0 Å². The van der Waals surface area contributed by atoms with Crippen LogP contribution in [0.4, 0.5) is 4.79 Å². The normalized spacial score (nSPS) is 21.1. The van der Waals surface area contributed by atoms with Gasteiger partial charge in [-0.1, -0.05) is 47.5 Å². The molecule has 7 nitrogen and oxygen atoms in total. The van der Waals surface area contributed by atoms with Gasteiger partial charge in [0, 0.05) is 39.6 Å². The number of hydrogen-bond donors (Lipinski definition) is 3. The van der Waals surface area contributed by atoms with Gasteiger partial charge < -0.3 is 15.6 Å². The second-order valence-electron chi connectivity index (χ2n) is 9.11. The molecular formula is C25H24Cl2N4O3. The molecule has 2 aliphatic rings. The van der Waals surface area contributed by atoms with Crippen molar-refractivity contribution < 1.29 is 14.4 Å². The Kier molecular flexibility index (Phi) is 5.78. The Morgan fingerprint density at radius 1 is 1.18 bits per heavy atom. The molecule has 1 aliphatic carbocycles. The Morgan fingerprint density at radius 3 is 2.68 bits per heavy atom. The molecule has 1 aliphatic heterocycles. The number of H-pyrrole nitrogens is 1. The number of rotatable bonds is 7. The van der Waals surface area contributed by atoms with Gasteiger partial charge in [0.25, 0.3) is 5.91 Å². The van der Waals surface area contributed by atoms with Gasteiger partial charge in [0.15, 0.2) is 0 Å². The zero-order chi connectivity index (χ0) is 24.0. The minimum absolute atomic E-state index is 0.135. The first-order valence-corrected chi connectivity index (χ1v) is 12.0. The Bertz CT molecular complexity index is 1300. The first kappa shape index (κ1) is 22.7. The first-order chi connectivity index (χ1) is 16.3. The van der Waals surface area contributed by atoms with Crippen molar-refractivity contribution in [2.24, 2.45) is 5.92 Å². The van der Waals surface area contributed by atoms with E-state index in [9.17, 15) is 14.4 Å². The van der Waals surface area contributed by atoms with E-state index >= 15 is 0 Å². The number of fused-ring (bicyclic) bond motifs is 1. The highest BCUT2D eigenvalue weighted by Crippen LogP contribution is 2.42. The van der Waals surface area contributed by atoms with Gasteiger partial charge in [-0.15, -0.1) is 0 Å². The number of nitrogens with zero attached hydrogens (tertiary/aromatic N) is 1.